The topological polar surface area (TPSA) is 38.3 Å². The summed E-state index contributed by atoms with van der Waals surface area (Å²) in [5.41, 5.74) is 0. The molecule has 0 saturated heterocycles. The largest absolute Gasteiger partial charge is 0.465 e. The average Bonchev–Trinajstić information content (AvgIpc) is 2.00. The third-order valence-electron chi connectivity index (χ3n) is 1.21. The van der Waals surface area contributed by atoms with Crippen molar-refractivity contribution in [3.05, 3.63) is 12.7 Å². The molecular weight excluding hydrogens is 142 g/mol. The van der Waals surface area contributed by atoms with Crippen LogP contribution in [-0.4, -0.2) is 25.2 Å². The predicted molar refractivity (Wildman–Crippen MR) is 44.3 cm³/mol. The van der Waals surface area contributed by atoms with E-state index < -0.39 is 0 Å². The van der Waals surface area contributed by atoms with E-state index >= 15 is 0 Å². The van der Waals surface area contributed by atoms with Gasteiger partial charge in [0.05, 0.1) is 6.61 Å². The normalized spacial score (nSPS) is 12.2. The molecule has 0 aromatic carbocycles. The van der Waals surface area contributed by atoms with Crippen LogP contribution in [0.25, 0.3) is 0 Å². The monoisotopic (exact) mass is 157 g/mol. The van der Waals surface area contributed by atoms with Gasteiger partial charge < -0.3 is 10.1 Å². The van der Waals surface area contributed by atoms with Crippen LogP contribution in [0.2, 0.25) is 0 Å². The molecule has 3 nitrogen and oxygen atoms in total. The molecule has 1 N–H and O–H groups in total. The molecular formula is C8H15NO2. The summed E-state index contributed by atoms with van der Waals surface area (Å²) < 4.78 is 4.76. The summed E-state index contributed by atoms with van der Waals surface area (Å²) in [5, 5.41) is 2.92. The van der Waals surface area contributed by atoms with Crippen molar-refractivity contribution in [3.8, 4) is 0 Å². The second-order valence-electron chi connectivity index (χ2n) is 2.17. The Balaban J connectivity index is 3.54. The Kier molecular flexibility index (Phi) is 5.47. The maximum Gasteiger partial charge on any atom is 0.322 e. The van der Waals surface area contributed by atoms with Crippen LogP contribution in [0.3, 0.4) is 0 Å². The lowest BCUT2D eigenvalue weighted by Gasteiger charge is -2.09. The van der Waals surface area contributed by atoms with Crippen molar-refractivity contribution >= 4 is 5.97 Å². The molecule has 0 spiro atoms. The third kappa shape index (κ3) is 4.56. The fourth-order valence-electron chi connectivity index (χ4n) is 0.611. The fraction of sp³-hybridized carbons (Fsp3) is 0.625. The van der Waals surface area contributed by atoms with Gasteiger partial charge in [-0.1, -0.05) is 6.08 Å². The van der Waals surface area contributed by atoms with E-state index in [-0.39, 0.29) is 12.0 Å². The number of hydrogen-bond donors (Lipinski definition) is 1. The van der Waals surface area contributed by atoms with Gasteiger partial charge in [-0.05, 0) is 13.8 Å². The molecule has 0 aliphatic carbocycles. The highest BCUT2D eigenvalue weighted by Crippen LogP contribution is 1.86. The smallest absolute Gasteiger partial charge is 0.322 e. The Morgan fingerprint density at radius 2 is 2.45 bits per heavy atom. The number of esters is 1. The van der Waals surface area contributed by atoms with Crippen molar-refractivity contribution in [1.82, 2.24) is 5.32 Å². The van der Waals surface area contributed by atoms with Gasteiger partial charge in [0.1, 0.15) is 6.04 Å². The molecule has 1 unspecified atom stereocenters. The van der Waals surface area contributed by atoms with E-state index in [0.29, 0.717) is 13.2 Å². The average molecular weight is 157 g/mol. The van der Waals surface area contributed by atoms with Crippen LogP contribution in [0.5, 0.6) is 0 Å². The highest BCUT2D eigenvalue weighted by molar-refractivity contribution is 5.75. The van der Waals surface area contributed by atoms with Crippen molar-refractivity contribution in [2.45, 2.75) is 19.9 Å². The third-order valence-corrected chi connectivity index (χ3v) is 1.21. The molecule has 0 aliphatic rings. The van der Waals surface area contributed by atoms with Crippen molar-refractivity contribution < 1.29 is 9.53 Å². The summed E-state index contributed by atoms with van der Waals surface area (Å²) in [6, 6.07) is -0.243. The van der Waals surface area contributed by atoms with Gasteiger partial charge in [-0.15, -0.1) is 6.58 Å². The Hall–Kier alpha value is -0.830. The maximum atomic E-state index is 10.9. The van der Waals surface area contributed by atoms with Gasteiger partial charge in [-0.25, -0.2) is 0 Å². The predicted octanol–water partition coefficient (Wildman–Crippen LogP) is 0.714. The zero-order chi connectivity index (χ0) is 8.69. The van der Waals surface area contributed by atoms with Gasteiger partial charge in [0, 0.05) is 6.54 Å². The molecule has 0 fully saturated rings. The second-order valence-corrected chi connectivity index (χ2v) is 2.17. The first-order valence-corrected chi connectivity index (χ1v) is 3.73. The van der Waals surface area contributed by atoms with Crippen LogP contribution < -0.4 is 5.32 Å². The van der Waals surface area contributed by atoms with Crippen LogP contribution in [0, 0.1) is 0 Å². The van der Waals surface area contributed by atoms with Crippen LogP contribution in [0.4, 0.5) is 0 Å². The number of carbonyl (C=O) groups excluding carboxylic acids is 1. The Bertz CT molecular complexity index is 134. The summed E-state index contributed by atoms with van der Waals surface area (Å²) in [7, 11) is 0. The molecule has 0 bridgehead atoms. The van der Waals surface area contributed by atoms with Gasteiger partial charge >= 0.3 is 5.97 Å². The minimum absolute atomic E-state index is 0.214. The van der Waals surface area contributed by atoms with E-state index in [9.17, 15) is 4.79 Å². The molecule has 0 saturated carbocycles. The lowest BCUT2D eigenvalue weighted by atomic mass is 10.3. The lowest BCUT2D eigenvalue weighted by Crippen LogP contribution is -2.35. The van der Waals surface area contributed by atoms with Crippen molar-refractivity contribution in [3.63, 3.8) is 0 Å². The van der Waals surface area contributed by atoms with E-state index in [2.05, 4.69) is 11.9 Å². The van der Waals surface area contributed by atoms with Gasteiger partial charge in [0.25, 0.3) is 0 Å². The number of hydrogen-bond acceptors (Lipinski definition) is 3. The quantitative estimate of drug-likeness (QED) is 0.472. The summed E-state index contributed by atoms with van der Waals surface area (Å²) in [6.07, 6.45) is 1.70. The Morgan fingerprint density at radius 3 is 2.91 bits per heavy atom. The first kappa shape index (κ1) is 10.2. The first-order valence-electron chi connectivity index (χ1n) is 3.73. The minimum Gasteiger partial charge on any atom is -0.465 e. The molecule has 64 valence electrons. The summed E-state index contributed by atoms with van der Waals surface area (Å²) in [5.74, 6) is -0.214. The number of rotatable bonds is 5. The summed E-state index contributed by atoms with van der Waals surface area (Å²) in [4.78, 5) is 10.9. The van der Waals surface area contributed by atoms with Gasteiger partial charge in [-0.3, -0.25) is 4.79 Å². The van der Waals surface area contributed by atoms with E-state index in [1.807, 2.05) is 0 Å². The van der Waals surface area contributed by atoms with Crippen molar-refractivity contribution in [2.75, 3.05) is 13.2 Å². The van der Waals surface area contributed by atoms with E-state index in [4.69, 9.17) is 4.74 Å². The zero-order valence-electron chi connectivity index (χ0n) is 7.09. The second kappa shape index (κ2) is 5.92. The maximum absolute atomic E-state index is 10.9. The fourth-order valence-corrected chi connectivity index (χ4v) is 0.611. The zero-order valence-corrected chi connectivity index (χ0v) is 7.09. The highest BCUT2D eigenvalue weighted by atomic mass is 16.5. The summed E-state index contributed by atoms with van der Waals surface area (Å²) >= 11 is 0. The molecule has 1 atom stereocenters. The molecule has 0 aliphatic heterocycles. The first-order chi connectivity index (χ1) is 5.22. The van der Waals surface area contributed by atoms with Crippen LogP contribution in [0.15, 0.2) is 12.7 Å². The lowest BCUT2D eigenvalue weighted by molar-refractivity contribution is -0.145. The van der Waals surface area contributed by atoms with Crippen LogP contribution in [-0.2, 0) is 9.53 Å². The SMILES string of the molecule is C=CCNC(C)C(=O)OCC. The van der Waals surface area contributed by atoms with Crippen LogP contribution >= 0.6 is 0 Å². The number of ether oxygens (including phenoxy) is 1. The number of carbonyl (C=O) groups is 1. The van der Waals surface area contributed by atoms with E-state index in [1.54, 1.807) is 19.9 Å². The van der Waals surface area contributed by atoms with E-state index in [1.165, 1.54) is 0 Å². The number of nitrogens with one attached hydrogen (secondary N) is 1. The Morgan fingerprint density at radius 1 is 1.82 bits per heavy atom. The molecule has 0 amide bonds. The molecule has 0 rings (SSSR count). The molecule has 3 heteroatoms. The van der Waals surface area contributed by atoms with Gasteiger partial charge in [0.15, 0.2) is 0 Å². The Labute approximate surface area is 67.4 Å². The molecule has 0 aromatic rings. The summed E-state index contributed by atoms with van der Waals surface area (Å²) in [6.45, 7) is 8.13. The van der Waals surface area contributed by atoms with E-state index in [0.717, 1.165) is 0 Å². The molecule has 11 heavy (non-hydrogen) atoms. The van der Waals surface area contributed by atoms with Crippen LogP contribution in [0.1, 0.15) is 13.8 Å². The molecule has 0 heterocycles. The highest BCUT2D eigenvalue weighted by Gasteiger charge is 2.10. The molecule has 0 aromatic heterocycles. The van der Waals surface area contributed by atoms with Crippen molar-refractivity contribution in [1.29, 1.82) is 0 Å². The van der Waals surface area contributed by atoms with Crippen molar-refractivity contribution in [2.24, 2.45) is 0 Å². The minimum atomic E-state index is -0.243. The molecule has 0 radical (unpaired) electrons. The van der Waals surface area contributed by atoms with Gasteiger partial charge in [-0.2, -0.15) is 0 Å². The van der Waals surface area contributed by atoms with Gasteiger partial charge in [0.2, 0.25) is 0 Å². The standard InChI is InChI=1S/C8H15NO2/c1-4-6-9-7(3)8(10)11-5-2/h4,7,9H,1,5-6H2,2-3H3.